The van der Waals surface area contributed by atoms with Gasteiger partial charge in [0.1, 0.15) is 0 Å². The highest BCUT2D eigenvalue weighted by molar-refractivity contribution is 6.31. The largest absolute Gasteiger partial charge is 0.369 e. The van der Waals surface area contributed by atoms with E-state index >= 15 is 0 Å². The van der Waals surface area contributed by atoms with E-state index in [2.05, 4.69) is 29.3 Å². The van der Waals surface area contributed by atoms with Crippen molar-refractivity contribution >= 4 is 17.3 Å². The Labute approximate surface area is 122 Å². The first-order valence-electron chi connectivity index (χ1n) is 7.46. The topological polar surface area (TPSA) is 15.3 Å². The van der Waals surface area contributed by atoms with Crippen molar-refractivity contribution in [3.63, 3.8) is 0 Å². The molecule has 1 aliphatic rings. The monoisotopic (exact) mass is 280 g/mol. The number of hydrogen-bond acceptors (Lipinski definition) is 2. The maximum absolute atomic E-state index is 6.38. The fourth-order valence-corrected chi connectivity index (χ4v) is 3.42. The summed E-state index contributed by atoms with van der Waals surface area (Å²) >= 11 is 6.38. The SMILES string of the molecule is CCN(c1cccc(Cl)c1CNC)C1CCCCC1. The zero-order valence-corrected chi connectivity index (χ0v) is 12.8. The van der Waals surface area contributed by atoms with E-state index in [9.17, 15) is 0 Å². The Kier molecular flexibility index (Phi) is 5.53. The van der Waals surface area contributed by atoms with Crippen molar-refractivity contribution in [2.45, 2.75) is 51.6 Å². The zero-order valence-electron chi connectivity index (χ0n) is 12.1. The van der Waals surface area contributed by atoms with Crippen LogP contribution in [0.25, 0.3) is 0 Å². The first-order chi connectivity index (χ1) is 9.27. The second-order valence-corrected chi connectivity index (χ2v) is 5.75. The summed E-state index contributed by atoms with van der Waals surface area (Å²) in [5.41, 5.74) is 2.55. The lowest BCUT2D eigenvalue weighted by Gasteiger charge is -2.36. The summed E-state index contributed by atoms with van der Waals surface area (Å²) in [6.45, 7) is 4.14. The molecule has 1 aliphatic carbocycles. The van der Waals surface area contributed by atoms with Gasteiger partial charge in [0.25, 0.3) is 0 Å². The number of anilines is 1. The van der Waals surface area contributed by atoms with Crippen LogP contribution >= 0.6 is 11.6 Å². The molecule has 0 amide bonds. The van der Waals surface area contributed by atoms with Gasteiger partial charge < -0.3 is 10.2 Å². The molecule has 1 aromatic carbocycles. The van der Waals surface area contributed by atoms with Crippen LogP contribution in [0.1, 0.15) is 44.6 Å². The Morgan fingerprint density at radius 3 is 2.63 bits per heavy atom. The molecule has 1 N–H and O–H groups in total. The van der Waals surface area contributed by atoms with Crippen molar-refractivity contribution in [2.24, 2.45) is 0 Å². The van der Waals surface area contributed by atoms with E-state index in [1.54, 1.807) is 0 Å². The molecular formula is C16H25ClN2. The highest BCUT2D eigenvalue weighted by Gasteiger charge is 2.22. The van der Waals surface area contributed by atoms with Crippen LogP contribution in [0.2, 0.25) is 5.02 Å². The molecule has 0 heterocycles. The minimum absolute atomic E-state index is 0.688. The van der Waals surface area contributed by atoms with E-state index in [-0.39, 0.29) is 0 Å². The molecule has 0 spiro atoms. The summed E-state index contributed by atoms with van der Waals surface area (Å²) in [5.74, 6) is 0. The lowest BCUT2D eigenvalue weighted by molar-refractivity contribution is 0.417. The Bertz CT molecular complexity index is 400. The summed E-state index contributed by atoms with van der Waals surface area (Å²) < 4.78 is 0. The molecule has 2 nitrogen and oxygen atoms in total. The fraction of sp³-hybridized carbons (Fsp3) is 0.625. The normalized spacial score (nSPS) is 16.6. The second-order valence-electron chi connectivity index (χ2n) is 5.35. The first-order valence-corrected chi connectivity index (χ1v) is 7.84. The van der Waals surface area contributed by atoms with E-state index in [1.165, 1.54) is 43.4 Å². The number of nitrogens with zero attached hydrogens (tertiary/aromatic N) is 1. The minimum Gasteiger partial charge on any atom is -0.369 e. The van der Waals surface area contributed by atoms with Gasteiger partial charge in [0.15, 0.2) is 0 Å². The van der Waals surface area contributed by atoms with Gasteiger partial charge in [-0.2, -0.15) is 0 Å². The predicted molar refractivity (Wildman–Crippen MR) is 84.1 cm³/mol. The third kappa shape index (κ3) is 3.43. The van der Waals surface area contributed by atoms with Crippen molar-refractivity contribution in [3.8, 4) is 0 Å². The van der Waals surface area contributed by atoms with Crippen molar-refractivity contribution in [3.05, 3.63) is 28.8 Å². The van der Waals surface area contributed by atoms with Crippen molar-refractivity contribution in [1.29, 1.82) is 0 Å². The van der Waals surface area contributed by atoms with Crippen molar-refractivity contribution in [1.82, 2.24) is 5.32 Å². The Balaban J connectivity index is 2.28. The molecule has 0 saturated heterocycles. The lowest BCUT2D eigenvalue weighted by atomic mass is 9.93. The smallest absolute Gasteiger partial charge is 0.0471 e. The molecule has 0 atom stereocenters. The van der Waals surface area contributed by atoms with Gasteiger partial charge in [-0.05, 0) is 38.9 Å². The summed E-state index contributed by atoms with van der Waals surface area (Å²) in [4.78, 5) is 2.55. The first kappa shape index (κ1) is 14.7. The fourth-order valence-electron chi connectivity index (χ4n) is 3.19. The number of nitrogens with one attached hydrogen (secondary N) is 1. The van der Waals surface area contributed by atoms with Crippen molar-refractivity contribution < 1.29 is 0 Å². The maximum Gasteiger partial charge on any atom is 0.0471 e. The summed E-state index contributed by atoms with van der Waals surface area (Å²) in [6.07, 6.45) is 6.76. The standard InChI is InChI=1S/C16H25ClN2/c1-3-19(13-8-5-4-6-9-13)16-11-7-10-15(17)14(16)12-18-2/h7,10-11,13,18H,3-6,8-9,12H2,1-2H3. The molecule has 106 valence electrons. The van der Waals surface area contributed by atoms with Gasteiger partial charge in [-0.25, -0.2) is 0 Å². The highest BCUT2D eigenvalue weighted by atomic mass is 35.5. The van der Waals surface area contributed by atoms with Crippen LogP contribution in [-0.4, -0.2) is 19.6 Å². The average Bonchev–Trinajstić information content (AvgIpc) is 2.44. The van der Waals surface area contributed by atoms with Crippen LogP contribution in [0.5, 0.6) is 0 Å². The lowest BCUT2D eigenvalue weighted by Crippen LogP contribution is -2.37. The van der Waals surface area contributed by atoms with E-state index in [1.807, 2.05) is 13.1 Å². The summed E-state index contributed by atoms with van der Waals surface area (Å²) in [6, 6.07) is 6.97. The molecule has 0 unspecified atom stereocenters. The molecule has 0 radical (unpaired) electrons. The third-order valence-electron chi connectivity index (χ3n) is 4.11. The summed E-state index contributed by atoms with van der Waals surface area (Å²) in [5, 5.41) is 4.11. The number of hydrogen-bond donors (Lipinski definition) is 1. The predicted octanol–water partition coefficient (Wildman–Crippen LogP) is 4.22. The number of rotatable bonds is 5. The molecular weight excluding hydrogens is 256 g/mol. The van der Waals surface area contributed by atoms with Crippen LogP contribution in [0, 0.1) is 0 Å². The zero-order chi connectivity index (χ0) is 13.7. The molecule has 1 fully saturated rings. The number of halogens is 1. The minimum atomic E-state index is 0.688. The molecule has 0 bridgehead atoms. The highest BCUT2D eigenvalue weighted by Crippen LogP contribution is 2.32. The third-order valence-corrected chi connectivity index (χ3v) is 4.47. The van der Waals surface area contributed by atoms with Gasteiger partial charge in [0, 0.05) is 35.4 Å². The van der Waals surface area contributed by atoms with Crippen LogP contribution in [0.3, 0.4) is 0 Å². The van der Waals surface area contributed by atoms with Gasteiger partial charge in [0.05, 0.1) is 0 Å². The average molecular weight is 281 g/mol. The Morgan fingerprint density at radius 2 is 2.00 bits per heavy atom. The Hall–Kier alpha value is -0.730. The van der Waals surface area contributed by atoms with Gasteiger partial charge in [-0.1, -0.05) is 36.9 Å². The van der Waals surface area contributed by atoms with Crippen LogP contribution in [0.4, 0.5) is 5.69 Å². The van der Waals surface area contributed by atoms with Crippen LogP contribution in [0.15, 0.2) is 18.2 Å². The molecule has 19 heavy (non-hydrogen) atoms. The van der Waals surface area contributed by atoms with Gasteiger partial charge in [0.2, 0.25) is 0 Å². The molecule has 1 saturated carbocycles. The molecule has 2 rings (SSSR count). The number of benzene rings is 1. The van der Waals surface area contributed by atoms with Gasteiger partial charge >= 0.3 is 0 Å². The van der Waals surface area contributed by atoms with Crippen molar-refractivity contribution in [2.75, 3.05) is 18.5 Å². The molecule has 0 aliphatic heterocycles. The quantitative estimate of drug-likeness (QED) is 0.869. The van der Waals surface area contributed by atoms with Crippen LogP contribution < -0.4 is 10.2 Å². The van der Waals surface area contributed by atoms with E-state index in [4.69, 9.17) is 11.6 Å². The van der Waals surface area contributed by atoms with E-state index in [0.717, 1.165) is 18.1 Å². The second kappa shape index (κ2) is 7.16. The summed E-state index contributed by atoms with van der Waals surface area (Å²) in [7, 11) is 1.98. The van der Waals surface area contributed by atoms with Gasteiger partial charge in [-0.3, -0.25) is 0 Å². The van der Waals surface area contributed by atoms with E-state index < -0.39 is 0 Å². The Morgan fingerprint density at radius 1 is 1.26 bits per heavy atom. The van der Waals surface area contributed by atoms with E-state index in [0.29, 0.717) is 6.04 Å². The molecule has 0 aromatic heterocycles. The molecule has 1 aromatic rings. The maximum atomic E-state index is 6.38. The molecule has 3 heteroatoms. The van der Waals surface area contributed by atoms with Crippen LogP contribution in [-0.2, 0) is 6.54 Å². The van der Waals surface area contributed by atoms with Gasteiger partial charge in [-0.15, -0.1) is 0 Å².